The molecule has 2 aromatic rings. The molecule has 0 aliphatic carbocycles. The van der Waals surface area contributed by atoms with Gasteiger partial charge < -0.3 is 4.74 Å². The summed E-state index contributed by atoms with van der Waals surface area (Å²) in [7, 11) is 1.62. The highest BCUT2D eigenvalue weighted by Gasteiger charge is 2.06. The lowest BCUT2D eigenvalue weighted by Gasteiger charge is -2.07. The maximum absolute atomic E-state index is 11.1. The standard InChI is InChI=1S/C12H11ClN2O2/c1-17-11-5-3-2-4-8(11)6-9-7-10(13)12(16)15-14-9/h2-5,7H,6H2,1H3,(H,15,16). The van der Waals surface area contributed by atoms with Gasteiger partial charge in [-0.2, -0.15) is 5.10 Å². The molecule has 0 aliphatic heterocycles. The zero-order valence-corrected chi connectivity index (χ0v) is 9.99. The van der Waals surface area contributed by atoms with Crippen molar-refractivity contribution >= 4 is 11.6 Å². The first-order chi connectivity index (χ1) is 8.20. The van der Waals surface area contributed by atoms with E-state index in [0.717, 1.165) is 11.3 Å². The van der Waals surface area contributed by atoms with E-state index in [1.54, 1.807) is 13.2 Å². The SMILES string of the molecule is COc1ccccc1Cc1cc(Cl)c(=O)[nH]n1. The van der Waals surface area contributed by atoms with Crippen molar-refractivity contribution in [2.45, 2.75) is 6.42 Å². The van der Waals surface area contributed by atoms with Crippen LogP contribution in [0.5, 0.6) is 5.75 Å². The number of nitrogens with zero attached hydrogens (tertiary/aromatic N) is 1. The van der Waals surface area contributed by atoms with Crippen molar-refractivity contribution in [3.63, 3.8) is 0 Å². The predicted octanol–water partition coefficient (Wildman–Crippen LogP) is 2.02. The van der Waals surface area contributed by atoms with Crippen LogP contribution in [0.25, 0.3) is 0 Å². The molecular formula is C12H11ClN2O2. The molecule has 0 spiro atoms. The van der Waals surface area contributed by atoms with E-state index in [4.69, 9.17) is 16.3 Å². The molecule has 2 rings (SSSR count). The molecule has 88 valence electrons. The van der Waals surface area contributed by atoms with Gasteiger partial charge in [-0.05, 0) is 12.1 Å². The minimum Gasteiger partial charge on any atom is -0.496 e. The minimum atomic E-state index is -0.379. The number of methoxy groups -OCH3 is 1. The summed E-state index contributed by atoms with van der Waals surface area (Å²) in [5.74, 6) is 0.789. The van der Waals surface area contributed by atoms with Crippen molar-refractivity contribution in [2.75, 3.05) is 7.11 Å². The Morgan fingerprint density at radius 2 is 2.18 bits per heavy atom. The van der Waals surface area contributed by atoms with E-state index in [1.807, 2.05) is 24.3 Å². The number of ether oxygens (including phenoxy) is 1. The van der Waals surface area contributed by atoms with Gasteiger partial charge in [0.2, 0.25) is 0 Å². The number of hydrogen-bond acceptors (Lipinski definition) is 3. The number of aromatic amines is 1. The Morgan fingerprint density at radius 1 is 1.41 bits per heavy atom. The van der Waals surface area contributed by atoms with Crippen molar-refractivity contribution in [1.82, 2.24) is 10.2 Å². The van der Waals surface area contributed by atoms with Crippen LogP contribution in [-0.2, 0) is 6.42 Å². The Balaban J connectivity index is 2.31. The van der Waals surface area contributed by atoms with Crippen LogP contribution in [0.1, 0.15) is 11.3 Å². The average molecular weight is 251 g/mol. The molecule has 0 saturated carbocycles. The van der Waals surface area contributed by atoms with Crippen LogP contribution in [0.2, 0.25) is 5.02 Å². The second-order valence-corrected chi connectivity index (χ2v) is 3.93. The fourth-order valence-electron chi connectivity index (χ4n) is 1.55. The first-order valence-electron chi connectivity index (χ1n) is 5.06. The summed E-state index contributed by atoms with van der Waals surface area (Å²) in [6, 6.07) is 9.20. The molecule has 0 bridgehead atoms. The summed E-state index contributed by atoms with van der Waals surface area (Å²) < 4.78 is 5.24. The smallest absolute Gasteiger partial charge is 0.282 e. The number of nitrogens with one attached hydrogen (secondary N) is 1. The Kier molecular flexibility index (Phi) is 3.44. The molecule has 0 unspecified atom stereocenters. The summed E-state index contributed by atoms with van der Waals surface area (Å²) >= 11 is 5.74. The van der Waals surface area contributed by atoms with Gasteiger partial charge in [0.1, 0.15) is 10.8 Å². The highest BCUT2D eigenvalue weighted by molar-refractivity contribution is 6.30. The molecular weight excluding hydrogens is 240 g/mol. The van der Waals surface area contributed by atoms with E-state index in [9.17, 15) is 4.79 Å². The summed E-state index contributed by atoms with van der Waals surface area (Å²) in [6.45, 7) is 0. The summed E-state index contributed by atoms with van der Waals surface area (Å²) in [4.78, 5) is 11.1. The zero-order chi connectivity index (χ0) is 12.3. The van der Waals surface area contributed by atoms with Crippen molar-refractivity contribution in [1.29, 1.82) is 0 Å². The molecule has 0 radical (unpaired) electrons. The molecule has 0 atom stereocenters. The van der Waals surface area contributed by atoms with Crippen molar-refractivity contribution < 1.29 is 4.74 Å². The molecule has 1 heterocycles. The van der Waals surface area contributed by atoms with Crippen LogP contribution in [-0.4, -0.2) is 17.3 Å². The third-order valence-corrected chi connectivity index (χ3v) is 2.66. The second-order valence-electron chi connectivity index (χ2n) is 3.52. The zero-order valence-electron chi connectivity index (χ0n) is 9.24. The Labute approximate surface area is 103 Å². The molecule has 1 N–H and O–H groups in total. The van der Waals surface area contributed by atoms with E-state index in [2.05, 4.69) is 10.2 Å². The molecule has 0 aliphatic rings. The van der Waals surface area contributed by atoms with Gasteiger partial charge in [-0.3, -0.25) is 4.79 Å². The second kappa shape index (κ2) is 5.01. The number of hydrogen-bond donors (Lipinski definition) is 1. The van der Waals surface area contributed by atoms with Gasteiger partial charge in [-0.1, -0.05) is 29.8 Å². The maximum Gasteiger partial charge on any atom is 0.282 e. The van der Waals surface area contributed by atoms with Crippen LogP contribution >= 0.6 is 11.6 Å². The summed E-state index contributed by atoms with van der Waals surface area (Å²) in [5, 5.41) is 6.42. The van der Waals surface area contributed by atoms with Gasteiger partial charge in [0.25, 0.3) is 5.56 Å². The van der Waals surface area contributed by atoms with E-state index in [-0.39, 0.29) is 10.6 Å². The number of H-pyrrole nitrogens is 1. The number of rotatable bonds is 3. The van der Waals surface area contributed by atoms with Gasteiger partial charge >= 0.3 is 0 Å². The molecule has 5 heteroatoms. The topological polar surface area (TPSA) is 55.0 Å². The van der Waals surface area contributed by atoms with Gasteiger partial charge in [0, 0.05) is 12.0 Å². The normalized spacial score (nSPS) is 10.2. The van der Waals surface area contributed by atoms with Crippen molar-refractivity contribution in [3.05, 3.63) is 57.0 Å². The number of benzene rings is 1. The third-order valence-electron chi connectivity index (χ3n) is 2.38. The molecule has 0 saturated heterocycles. The van der Waals surface area contributed by atoms with Crippen LogP contribution in [0.4, 0.5) is 0 Å². The van der Waals surface area contributed by atoms with E-state index >= 15 is 0 Å². The third kappa shape index (κ3) is 2.65. The van der Waals surface area contributed by atoms with Crippen molar-refractivity contribution in [2.24, 2.45) is 0 Å². The summed E-state index contributed by atoms with van der Waals surface area (Å²) in [6.07, 6.45) is 0.556. The van der Waals surface area contributed by atoms with Crippen LogP contribution in [0.3, 0.4) is 0 Å². The molecule has 0 fully saturated rings. The van der Waals surface area contributed by atoms with Crippen LogP contribution < -0.4 is 10.3 Å². The quantitative estimate of drug-likeness (QED) is 0.907. The van der Waals surface area contributed by atoms with Gasteiger partial charge in [0.15, 0.2) is 0 Å². The number of halogens is 1. The minimum absolute atomic E-state index is 0.143. The first-order valence-corrected chi connectivity index (χ1v) is 5.44. The fraction of sp³-hybridized carbons (Fsp3) is 0.167. The Morgan fingerprint density at radius 3 is 2.88 bits per heavy atom. The lowest BCUT2D eigenvalue weighted by atomic mass is 10.1. The highest BCUT2D eigenvalue weighted by Crippen LogP contribution is 2.20. The Hall–Kier alpha value is -1.81. The fourth-order valence-corrected chi connectivity index (χ4v) is 1.72. The Bertz CT molecular complexity index is 581. The molecule has 17 heavy (non-hydrogen) atoms. The van der Waals surface area contributed by atoms with Gasteiger partial charge in [-0.15, -0.1) is 0 Å². The molecule has 1 aromatic heterocycles. The molecule has 1 aromatic carbocycles. The van der Waals surface area contributed by atoms with Crippen LogP contribution in [0, 0.1) is 0 Å². The highest BCUT2D eigenvalue weighted by atomic mass is 35.5. The molecule has 4 nitrogen and oxygen atoms in total. The van der Waals surface area contributed by atoms with E-state index < -0.39 is 0 Å². The van der Waals surface area contributed by atoms with E-state index in [1.165, 1.54) is 0 Å². The summed E-state index contributed by atoms with van der Waals surface area (Å²) in [5.41, 5.74) is 1.31. The monoisotopic (exact) mass is 250 g/mol. The largest absolute Gasteiger partial charge is 0.496 e. The van der Waals surface area contributed by atoms with Gasteiger partial charge in [-0.25, -0.2) is 5.10 Å². The predicted molar refractivity (Wildman–Crippen MR) is 65.7 cm³/mol. The molecule has 0 amide bonds. The van der Waals surface area contributed by atoms with Crippen LogP contribution in [0.15, 0.2) is 35.1 Å². The van der Waals surface area contributed by atoms with Gasteiger partial charge in [0.05, 0.1) is 12.8 Å². The lowest BCUT2D eigenvalue weighted by molar-refractivity contribution is 0.410. The number of aromatic nitrogens is 2. The lowest BCUT2D eigenvalue weighted by Crippen LogP contribution is -2.10. The number of para-hydroxylation sites is 1. The first kappa shape index (κ1) is 11.7. The van der Waals surface area contributed by atoms with Crippen molar-refractivity contribution in [3.8, 4) is 5.75 Å². The van der Waals surface area contributed by atoms with E-state index in [0.29, 0.717) is 12.1 Å². The average Bonchev–Trinajstić information content (AvgIpc) is 2.34. The maximum atomic E-state index is 11.1.